The Morgan fingerprint density at radius 1 is 1.32 bits per heavy atom. The number of nitro benzene ring substituents is 1. The first kappa shape index (κ1) is 21.9. The van der Waals surface area contributed by atoms with Gasteiger partial charge >= 0.3 is 6.18 Å². The molecule has 1 aliphatic rings. The number of anilines is 1. The van der Waals surface area contributed by atoms with Crippen molar-refractivity contribution in [1.29, 1.82) is 0 Å². The number of piperidine rings is 1. The Kier molecular flexibility index (Phi) is 7.61. The van der Waals surface area contributed by atoms with Gasteiger partial charge < -0.3 is 10.6 Å². The summed E-state index contributed by atoms with van der Waals surface area (Å²) in [6, 6.07) is 2.78. The molecule has 0 spiro atoms. The number of carbonyl (C=O) groups excluding carboxylic acids is 1. The van der Waals surface area contributed by atoms with Gasteiger partial charge in [0.2, 0.25) is 5.91 Å². The van der Waals surface area contributed by atoms with Crippen molar-refractivity contribution >= 4 is 17.3 Å². The first-order valence-corrected chi connectivity index (χ1v) is 9.28. The van der Waals surface area contributed by atoms with E-state index in [2.05, 4.69) is 22.5 Å². The van der Waals surface area contributed by atoms with Crippen LogP contribution in [0.5, 0.6) is 0 Å². The normalized spacial score (nSPS) is 17.9. The summed E-state index contributed by atoms with van der Waals surface area (Å²) < 4.78 is 38.1. The fourth-order valence-electron chi connectivity index (χ4n) is 3.24. The molecule has 1 fully saturated rings. The molecule has 1 aromatic rings. The maximum absolute atomic E-state index is 12.7. The fourth-order valence-corrected chi connectivity index (χ4v) is 3.24. The number of nitro groups is 1. The molecule has 1 unspecified atom stereocenters. The average molecular weight is 402 g/mol. The highest BCUT2D eigenvalue weighted by Crippen LogP contribution is 2.34. The number of halogens is 3. The largest absolute Gasteiger partial charge is 0.416 e. The van der Waals surface area contributed by atoms with Crippen LogP contribution in [0.25, 0.3) is 0 Å². The second-order valence-electron chi connectivity index (χ2n) is 6.89. The third-order valence-electron chi connectivity index (χ3n) is 4.85. The van der Waals surface area contributed by atoms with E-state index in [9.17, 15) is 28.1 Å². The molecule has 1 amide bonds. The Balaban J connectivity index is 1.79. The van der Waals surface area contributed by atoms with Gasteiger partial charge in [-0.25, -0.2) is 0 Å². The summed E-state index contributed by atoms with van der Waals surface area (Å²) in [4.78, 5) is 24.4. The van der Waals surface area contributed by atoms with Gasteiger partial charge in [0.15, 0.2) is 0 Å². The SMILES string of the molecule is CC1CCCCN1CCNC(=O)CCNc1ccc(C(F)(F)F)cc1[N+](=O)[O-]. The maximum atomic E-state index is 12.7. The van der Waals surface area contributed by atoms with Crippen LogP contribution in [0.15, 0.2) is 18.2 Å². The Labute approximate surface area is 161 Å². The van der Waals surface area contributed by atoms with Crippen LogP contribution in [0.3, 0.4) is 0 Å². The van der Waals surface area contributed by atoms with Crippen molar-refractivity contribution in [3.8, 4) is 0 Å². The van der Waals surface area contributed by atoms with E-state index >= 15 is 0 Å². The highest BCUT2D eigenvalue weighted by molar-refractivity contribution is 5.76. The number of benzene rings is 1. The molecule has 7 nitrogen and oxygen atoms in total. The molecule has 28 heavy (non-hydrogen) atoms. The van der Waals surface area contributed by atoms with Gasteiger partial charge in [0.1, 0.15) is 5.69 Å². The van der Waals surface area contributed by atoms with Gasteiger partial charge in [-0.3, -0.25) is 19.8 Å². The Morgan fingerprint density at radius 3 is 2.71 bits per heavy atom. The zero-order chi connectivity index (χ0) is 20.7. The molecule has 1 aromatic carbocycles. The second kappa shape index (κ2) is 9.72. The molecule has 0 radical (unpaired) electrons. The predicted octanol–water partition coefficient (Wildman–Crippen LogP) is 3.41. The van der Waals surface area contributed by atoms with Gasteiger partial charge in [0.05, 0.1) is 10.5 Å². The molecule has 156 valence electrons. The van der Waals surface area contributed by atoms with E-state index in [4.69, 9.17) is 0 Å². The number of alkyl halides is 3. The molecule has 1 aliphatic heterocycles. The molecule has 1 heterocycles. The molecular weight excluding hydrogens is 377 g/mol. The number of rotatable bonds is 8. The molecule has 2 N–H and O–H groups in total. The van der Waals surface area contributed by atoms with Crippen LogP contribution in [-0.4, -0.2) is 48.0 Å². The number of nitrogens with zero attached hydrogens (tertiary/aromatic N) is 2. The number of carbonyl (C=O) groups is 1. The summed E-state index contributed by atoms with van der Waals surface area (Å²) in [5.74, 6) is -0.216. The zero-order valence-corrected chi connectivity index (χ0v) is 15.7. The standard InChI is InChI=1S/C18H25F3N4O3/c1-13-4-2-3-10-24(13)11-9-23-17(26)7-8-22-15-6-5-14(18(19,20)21)12-16(15)25(27)28/h5-6,12-13,22H,2-4,7-11H2,1H3,(H,23,26). The third-order valence-corrected chi connectivity index (χ3v) is 4.85. The number of amides is 1. The molecule has 10 heteroatoms. The lowest BCUT2D eigenvalue weighted by atomic mass is 10.0. The van der Waals surface area contributed by atoms with Crippen LogP contribution in [0.2, 0.25) is 0 Å². The van der Waals surface area contributed by atoms with E-state index in [0.717, 1.165) is 38.1 Å². The van der Waals surface area contributed by atoms with Crippen molar-refractivity contribution in [3.05, 3.63) is 33.9 Å². The van der Waals surface area contributed by atoms with Crippen LogP contribution >= 0.6 is 0 Å². The van der Waals surface area contributed by atoms with E-state index in [-0.39, 0.29) is 24.6 Å². The lowest BCUT2D eigenvalue weighted by Gasteiger charge is -2.33. The highest BCUT2D eigenvalue weighted by atomic mass is 19.4. The molecule has 0 aliphatic carbocycles. The Bertz CT molecular complexity index is 697. The quantitative estimate of drug-likeness (QED) is 0.514. The molecule has 1 atom stereocenters. The van der Waals surface area contributed by atoms with E-state index in [1.165, 1.54) is 6.42 Å². The summed E-state index contributed by atoms with van der Waals surface area (Å²) in [7, 11) is 0. The number of nitrogens with one attached hydrogen (secondary N) is 2. The predicted molar refractivity (Wildman–Crippen MR) is 99.1 cm³/mol. The van der Waals surface area contributed by atoms with Gasteiger partial charge in [0.25, 0.3) is 5.69 Å². The van der Waals surface area contributed by atoms with E-state index in [1.54, 1.807) is 0 Å². The number of hydrogen-bond acceptors (Lipinski definition) is 5. The topological polar surface area (TPSA) is 87.5 Å². The molecule has 2 rings (SSSR count). The molecule has 0 aromatic heterocycles. The minimum absolute atomic E-state index is 0.0482. The minimum Gasteiger partial charge on any atom is -0.379 e. The van der Waals surface area contributed by atoms with Crippen LogP contribution in [0.4, 0.5) is 24.5 Å². The molecular formula is C18H25F3N4O3. The van der Waals surface area contributed by atoms with Crippen molar-refractivity contribution in [2.75, 3.05) is 31.5 Å². The second-order valence-corrected chi connectivity index (χ2v) is 6.89. The lowest BCUT2D eigenvalue weighted by molar-refractivity contribution is -0.384. The summed E-state index contributed by atoms with van der Waals surface area (Å²) >= 11 is 0. The van der Waals surface area contributed by atoms with Crippen LogP contribution < -0.4 is 10.6 Å². The van der Waals surface area contributed by atoms with E-state index in [1.807, 2.05) is 0 Å². The van der Waals surface area contributed by atoms with Gasteiger partial charge in [-0.05, 0) is 38.4 Å². The summed E-state index contributed by atoms with van der Waals surface area (Å²) in [6.45, 7) is 4.56. The van der Waals surface area contributed by atoms with Crippen LogP contribution in [0, 0.1) is 10.1 Å². The van der Waals surface area contributed by atoms with Crippen molar-refractivity contribution in [2.24, 2.45) is 0 Å². The third kappa shape index (κ3) is 6.36. The van der Waals surface area contributed by atoms with E-state index in [0.29, 0.717) is 18.7 Å². The summed E-state index contributed by atoms with van der Waals surface area (Å²) in [5.41, 5.74) is -1.81. The van der Waals surface area contributed by atoms with Gasteiger partial charge in [-0.1, -0.05) is 6.42 Å². The molecule has 0 bridgehead atoms. The molecule has 1 saturated heterocycles. The number of hydrogen-bond donors (Lipinski definition) is 2. The molecule has 0 saturated carbocycles. The van der Waals surface area contributed by atoms with Crippen molar-refractivity contribution in [1.82, 2.24) is 10.2 Å². The van der Waals surface area contributed by atoms with Crippen LogP contribution in [-0.2, 0) is 11.0 Å². The zero-order valence-electron chi connectivity index (χ0n) is 15.7. The van der Waals surface area contributed by atoms with Crippen molar-refractivity contribution < 1.29 is 22.9 Å². The van der Waals surface area contributed by atoms with E-state index < -0.39 is 22.4 Å². The summed E-state index contributed by atoms with van der Waals surface area (Å²) in [6.07, 6.45) is -1.05. The van der Waals surface area contributed by atoms with Gasteiger partial charge in [-0.2, -0.15) is 13.2 Å². The first-order chi connectivity index (χ1) is 13.2. The Hall–Kier alpha value is -2.36. The number of likely N-dealkylation sites (tertiary alicyclic amines) is 1. The van der Waals surface area contributed by atoms with Gasteiger partial charge in [-0.15, -0.1) is 0 Å². The fraction of sp³-hybridized carbons (Fsp3) is 0.611. The van der Waals surface area contributed by atoms with Crippen molar-refractivity contribution in [2.45, 2.75) is 44.8 Å². The van der Waals surface area contributed by atoms with Gasteiger partial charge in [0, 0.05) is 38.2 Å². The van der Waals surface area contributed by atoms with Crippen molar-refractivity contribution in [3.63, 3.8) is 0 Å². The highest BCUT2D eigenvalue weighted by Gasteiger charge is 2.33. The smallest absolute Gasteiger partial charge is 0.379 e. The maximum Gasteiger partial charge on any atom is 0.416 e. The first-order valence-electron chi connectivity index (χ1n) is 9.28. The van der Waals surface area contributed by atoms with Crippen LogP contribution in [0.1, 0.15) is 38.2 Å². The summed E-state index contributed by atoms with van der Waals surface area (Å²) in [5, 5.41) is 16.5. The lowest BCUT2D eigenvalue weighted by Crippen LogP contribution is -2.42. The monoisotopic (exact) mass is 402 g/mol. The average Bonchev–Trinajstić information content (AvgIpc) is 2.62. The minimum atomic E-state index is -4.66. The Morgan fingerprint density at radius 2 is 2.07 bits per heavy atom.